The molecule has 3 heterocycles. The highest BCUT2D eigenvalue weighted by atomic mass is 16.7. The van der Waals surface area contributed by atoms with Gasteiger partial charge in [0, 0.05) is 11.8 Å². The molecule has 7 nitrogen and oxygen atoms in total. The van der Waals surface area contributed by atoms with Crippen molar-refractivity contribution >= 4 is 5.82 Å². The maximum atomic E-state index is 5.63. The van der Waals surface area contributed by atoms with E-state index in [0.717, 1.165) is 11.3 Å². The van der Waals surface area contributed by atoms with Gasteiger partial charge in [0.25, 0.3) is 0 Å². The molecule has 0 bridgehead atoms. The molecule has 3 rings (SSSR count). The zero-order chi connectivity index (χ0) is 13.3. The molecule has 1 aliphatic heterocycles. The standard InChI is InChI=1S/C12H15N5O2/c1-12(18-4-5-19-12)9-2-3-14-10(6-9)8-17-15-7-11(13)16-17/h2-3,6-7H,4-5,8H2,1H3,(H2,13,16). The molecule has 2 aromatic heterocycles. The molecule has 7 heteroatoms. The number of hydrogen-bond donors (Lipinski definition) is 1. The normalized spacial score (nSPS) is 17.7. The molecule has 0 radical (unpaired) electrons. The zero-order valence-electron chi connectivity index (χ0n) is 10.6. The first kappa shape index (κ1) is 12.1. The molecular formula is C12H15N5O2. The second-order valence-corrected chi connectivity index (χ2v) is 4.48. The maximum Gasteiger partial charge on any atom is 0.192 e. The van der Waals surface area contributed by atoms with Gasteiger partial charge in [-0.2, -0.15) is 9.90 Å². The van der Waals surface area contributed by atoms with Gasteiger partial charge in [-0.3, -0.25) is 4.98 Å². The number of nitrogen functional groups attached to an aromatic ring is 1. The van der Waals surface area contributed by atoms with Crippen LogP contribution < -0.4 is 5.73 Å². The molecule has 0 atom stereocenters. The molecule has 0 aromatic carbocycles. The van der Waals surface area contributed by atoms with Crippen LogP contribution in [-0.4, -0.2) is 33.2 Å². The highest BCUT2D eigenvalue weighted by molar-refractivity contribution is 5.22. The van der Waals surface area contributed by atoms with Crippen LogP contribution in [0.15, 0.2) is 24.5 Å². The average Bonchev–Trinajstić information content (AvgIpc) is 3.00. The third kappa shape index (κ3) is 2.42. The van der Waals surface area contributed by atoms with E-state index in [1.807, 2.05) is 19.1 Å². The van der Waals surface area contributed by atoms with Crippen LogP contribution in [0.5, 0.6) is 0 Å². The second kappa shape index (κ2) is 4.60. The number of ether oxygens (including phenoxy) is 2. The van der Waals surface area contributed by atoms with Crippen molar-refractivity contribution in [3.05, 3.63) is 35.8 Å². The summed E-state index contributed by atoms with van der Waals surface area (Å²) < 4.78 is 11.3. The van der Waals surface area contributed by atoms with Gasteiger partial charge in [0.2, 0.25) is 0 Å². The Balaban J connectivity index is 1.83. The second-order valence-electron chi connectivity index (χ2n) is 4.48. The Hall–Kier alpha value is -1.99. The molecular weight excluding hydrogens is 246 g/mol. The van der Waals surface area contributed by atoms with Gasteiger partial charge in [0.1, 0.15) is 6.54 Å². The number of hydrogen-bond acceptors (Lipinski definition) is 6. The van der Waals surface area contributed by atoms with Crippen LogP contribution in [-0.2, 0) is 21.8 Å². The third-order valence-corrected chi connectivity index (χ3v) is 3.04. The van der Waals surface area contributed by atoms with E-state index in [4.69, 9.17) is 15.2 Å². The Morgan fingerprint density at radius 1 is 1.42 bits per heavy atom. The van der Waals surface area contributed by atoms with Crippen LogP contribution in [0, 0.1) is 0 Å². The summed E-state index contributed by atoms with van der Waals surface area (Å²) in [6.07, 6.45) is 3.24. The summed E-state index contributed by atoms with van der Waals surface area (Å²) in [5.74, 6) is -0.292. The number of rotatable bonds is 3. The third-order valence-electron chi connectivity index (χ3n) is 3.04. The molecule has 1 saturated heterocycles. The SMILES string of the molecule is CC1(c2ccnc(Cn3ncc(N)n3)c2)OCCO1. The summed E-state index contributed by atoms with van der Waals surface area (Å²) in [6, 6.07) is 3.82. The predicted octanol–water partition coefficient (Wildman–Crippen LogP) is 0.523. The van der Waals surface area contributed by atoms with E-state index in [-0.39, 0.29) is 0 Å². The van der Waals surface area contributed by atoms with Gasteiger partial charge in [0.15, 0.2) is 11.6 Å². The van der Waals surface area contributed by atoms with Crippen molar-refractivity contribution in [3.8, 4) is 0 Å². The van der Waals surface area contributed by atoms with Gasteiger partial charge in [-0.15, -0.1) is 5.10 Å². The van der Waals surface area contributed by atoms with Crippen molar-refractivity contribution in [1.82, 2.24) is 20.0 Å². The lowest BCUT2D eigenvalue weighted by atomic mass is 10.1. The maximum absolute atomic E-state index is 5.63. The lowest BCUT2D eigenvalue weighted by molar-refractivity contribution is -0.149. The Morgan fingerprint density at radius 2 is 2.21 bits per heavy atom. The summed E-state index contributed by atoms with van der Waals surface area (Å²) in [7, 11) is 0. The lowest BCUT2D eigenvalue weighted by Gasteiger charge is -2.22. The molecule has 1 aliphatic rings. The topological polar surface area (TPSA) is 88.1 Å². The van der Waals surface area contributed by atoms with Gasteiger partial charge < -0.3 is 15.2 Å². The number of nitrogens with two attached hydrogens (primary N) is 1. The van der Waals surface area contributed by atoms with Crippen molar-refractivity contribution in [2.45, 2.75) is 19.3 Å². The Labute approximate surface area is 110 Å². The van der Waals surface area contributed by atoms with E-state index in [1.54, 1.807) is 6.20 Å². The van der Waals surface area contributed by atoms with Gasteiger partial charge in [0.05, 0.1) is 25.1 Å². The van der Waals surface area contributed by atoms with Crippen LogP contribution in [0.3, 0.4) is 0 Å². The highest BCUT2D eigenvalue weighted by Gasteiger charge is 2.33. The number of anilines is 1. The van der Waals surface area contributed by atoms with E-state index in [9.17, 15) is 0 Å². The van der Waals surface area contributed by atoms with Crippen LogP contribution >= 0.6 is 0 Å². The monoisotopic (exact) mass is 261 g/mol. The van der Waals surface area contributed by atoms with Crippen LogP contribution in [0.2, 0.25) is 0 Å². The fourth-order valence-electron chi connectivity index (χ4n) is 2.06. The summed E-state index contributed by atoms with van der Waals surface area (Å²) >= 11 is 0. The van der Waals surface area contributed by atoms with Crippen LogP contribution in [0.25, 0.3) is 0 Å². The molecule has 100 valence electrons. The van der Waals surface area contributed by atoms with Crippen LogP contribution in [0.1, 0.15) is 18.2 Å². The van der Waals surface area contributed by atoms with Crippen molar-refractivity contribution in [2.75, 3.05) is 18.9 Å². The summed E-state index contributed by atoms with van der Waals surface area (Å²) in [6.45, 7) is 3.57. The van der Waals surface area contributed by atoms with Gasteiger partial charge in [-0.05, 0) is 19.1 Å². The molecule has 2 N–H and O–H groups in total. The Kier molecular flexibility index (Phi) is 2.92. The van der Waals surface area contributed by atoms with Crippen LogP contribution in [0.4, 0.5) is 5.82 Å². The minimum absolute atomic E-state index is 0.394. The van der Waals surface area contributed by atoms with Gasteiger partial charge in [-0.1, -0.05) is 0 Å². The van der Waals surface area contributed by atoms with Crippen molar-refractivity contribution < 1.29 is 9.47 Å². The van der Waals surface area contributed by atoms with Gasteiger partial charge in [-0.25, -0.2) is 0 Å². The molecule has 19 heavy (non-hydrogen) atoms. The van der Waals surface area contributed by atoms with E-state index < -0.39 is 5.79 Å². The minimum atomic E-state index is -0.686. The largest absolute Gasteiger partial charge is 0.381 e. The molecule has 0 spiro atoms. The number of pyridine rings is 1. The predicted molar refractivity (Wildman–Crippen MR) is 67.0 cm³/mol. The minimum Gasteiger partial charge on any atom is -0.381 e. The fourth-order valence-corrected chi connectivity index (χ4v) is 2.06. The molecule has 2 aromatic rings. The quantitative estimate of drug-likeness (QED) is 0.866. The lowest BCUT2D eigenvalue weighted by Crippen LogP contribution is -2.23. The van der Waals surface area contributed by atoms with E-state index in [1.165, 1.54) is 11.0 Å². The average molecular weight is 261 g/mol. The molecule has 0 unspecified atom stereocenters. The Bertz CT molecular complexity index is 577. The first-order chi connectivity index (χ1) is 9.16. The highest BCUT2D eigenvalue weighted by Crippen LogP contribution is 2.30. The molecule has 1 fully saturated rings. The van der Waals surface area contributed by atoms with Crippen molar-refractivity contribution in [2.24, 2.45) is 0 Å². The van der Waals surface area contributed by atoms with E-state index in [2.05, 4.69) is 15.2 Å². The van der Waals surface area contributed by atoms with Crippen molar-refractivity contribution in [3.63, 3.8) is 0 Å². The molecule has 0 saturated carbocycles. The summed E-state index contributed by atoms with van der Waals surface area (Å²) in [5, 5.41) is 8.06. The molecule has 0 aliphatic carbocycles. The van der Waals surface area contributed by atoms with Crippen molar-refractivity contribution in [1.29, 1.82) is 0 Å². The summed E-state index contributed by atoms with van der Waals surface area (Å²) in [4.78, 5) is 5.79. The summed E-state index contributed by atoms with van der Waals surface area (Å²) in [5.41, 5.74) is 7.30. The van der Waals surface area contributed by atoms with E-state index in [0.29, 0.717) is 25.6 Å². The Morgan fingerprint density at radius 3 is 2.89 bits per heavy atom. The zero-order valence-corrected chi connectivity index (χ0v) is 10.6. The first-order valence-electron chi connectivity index (χ1n) is 6.05. The van der Waals surface area contributed by atoms with Gasteiger partial charge >= 0.3 is 0 Å². The smallest absolute Gasteiger partial charge is 0.192 e. The first-order valence-corrected chi connectivity index (χ1v) is 6.05. The van der Waals surface area contributed by atoms with E-state index >= 15 is 0 Å². The fraction of sp³-hybridized carbons (Fsp3) is 0.417. The number of nitrogens with zero attached hydrogens (tertiary/aromatic N) is 4. The molecule has 0 amide bonds. The number of aromatic nitrogens is 4.